The molecule has 5 fully saturated rings. The standard InChI is InChI=1S/C38H64O48S7/c1-12-16(56-2)17(57-3)13(9-63-91(47,48)49)66-34(12)71-22-20(58-4)28(60-6)36(73-26(22)32(39)40)70-19-15(11-65-93(53,54)55)68-38(31(78-90-86-82-46)25(19)76-88-84-80-44)72-23-21(59-5)29(61-7)37(74-27(23)33(41)42)69-18-14(10-64-92(50,51)52)67-35(62-8)30(77-89-85-81-45)24(18)75-87-83-79-43/h12-31,34-38,43-46H,9-11H2,1-8H3,(H,39,40)(H,41,42)(H,47,48,49)(H,50,51,52)(H,53,54,55)/t12?,13?,14?,15-,16+,17+,18+,19+,20-,21?,22-,23-,24-,25?,26?,27+,28?,29?,30?,31?,34-,35-,36+,37-,38+/m0/s1. The van der Waals surface area contributed by atoms with Gasteiger partial charge in [0.2, 0.25) is 0 Å². The van der Waals surface area contributed by atoms with Crippen molar-refractivity contribution in [2.75, 3.05) is 69.6 Å². The molecule has 0 spiro atoms. The maximum absolute atomic E-state index is 13.5. The summed E-state index contributed by atoms with van der Waals surface area (Å²) in [4.78, 5) is 26.8. The predicted octanol–water partition coefficient (Wildman–Crippen LogP) is -2.37. The second-order valence-corrected chi connectivity index (χ2v) is 23.7. The number of ether oxygens (including phenoxy) is 16. The molecule has 0 aromatic rings. The second-order valence-electron chi connectivity index (χ2n) is 18.6. The normalized spacial score (nSPS) is 37.2. The summed E-state index contributed by atoms with van der Waals surface area (Å²) in [6, 6.07) is 0. The quantitative estimate of drug-likeness (QED) is 0.0101. The molecule has 0 radical (unpaired) electrons. The highest BCUT2D eigenvalue weighted by Gasteiger charge is 2.61. The van der Waals surface area contributed by atoms with Gasteiger partial charge >= 0.3 is 43.1 Å². The van der Waals surface area contributed by atoms with Gasteiger partial charge in [-0.3, -0.25) is 30.4 Å². The monoisotopic (exact) mass is 1510 g/mol. The summed E-state index contributed by atoms with van der Waals surface area (Å²) < 4.78 is 248. The lowest BCUT2D eigenvalue weighted by atomic mass is 9.91. The Labute approximate surface area is 542 Å². The largest absolute Gasteiger partial charge is 0.479 e. The minimum atomic E-state index is -5.52. The van der Waals surface area contributed by atoms with Crippen molar-refractivity contribution in [1.29, 1.82) is 0 Å². The summed E-state index contributed by atoms with van der Waals surface area (Å²) in [5.74, 6) is -4.68. The van der Waals surface area contributed by atoms with E-state index in [1.165, 1.54) is 21.1 Å². The lowest BCUT2D eigenvalue weighted by Gasteiger charge is -2.51. The van der Waals surface area contributed by atoms with Crippen LogP contribution < -0.4 is 0 Å². The van der Waals surface area contributed by atoms with Crippen LogP contribution in [0.2, 0.25) is 0 Å². The molecule has 5 aliphatic heterocycles. The first-order valence-electron chi connectivity index (χ1n) is 25.2. The molecule has 0 bridgehead atoms. The van der Waals surface area contributed by atoms with Gasteiger partial charge in [0.1, 0.15) is 85.5 Å². The third-order valence-corrected chi connectivity index (χ3v) is 16.6. The molecule has 0 saturated carbocycles. The number of carbonyl (C=O) groups is 2. The topological polar surface area (TPSA) is 605 Å². The fourth-order valence-electron chi connectivity index (χ4n) is 9.98. The van der Waals surface area contributed by atoms with Crippen molar-refractivity contribution in [3.05, 3.63) is 0 Å². The van der Waals surface area contributed by atoms with Gasteiger partial charge in [-0.2, -0.15) is 25.3 Å². The molecule has 0 aromatic carbocycles. The summed E-state index contributed by atoms with van der Waals surface area (Å²) >= 11 is -0.796. The Hall–Kier alpha value is -1.33. The van der Waals surface area contributed by atoms with E-state index in [2.05, 4.69) is 45.9 Å². The molecule has 0 aromatic heterocycles. The third kappa shape index (κ3) is 23.4. The molecule has 0 aliphatic carbocycles. The lowest BCUT2D eigenvalue weighted by molar-refractivity contribution is -0.437. The number of aliphatic carboxylic acids is 2. The molecule has 5 heterocycles. The van der Waals surface area contributed by atoms with E-state index in [1.807, 2.05) is 0 Å². The van der Waals surface area contributed by atoms with Gasteiger partial charge in [0, 0.05) is 55.7 Å². The van der Waals surface area contributed by atoms with Crippen molar-refractivity contribution in [3.63, 3.8) is 0 Å². The number of methoxy groups -OCH3 is 7. The zero-order valence-electron chi connectivity index (χ0n) is 48.4. The number of carboxylic acid groups (broad SMARTS) is 2. The Morgan fingerprint density at radius 1 is 0.355 bits per heavy atom. The number of carboxylic acids is 2. The van der Waals surface area contributed by atoms with Crippen LogP contribution >= 0.6 is 49.3 Å². The van der Waals surface area contributed by atoms with Gasteiger partial charge in [-0.25, -0.2) is 43.2 Å². The first-order chi connectivity index (χ1) is 44.1. The highest BCUT2D eigenvalue weighted by Crippen LogP contribution is 2.43. The molecule has 55 heteroatoms. The maximum atomic E-state index is 13.5. The van der Waals surface area contributed by atoms with E-state index in [0.29, 0.717) is 0 Å². The van der Waals surface area contributed by atoms with Crippen LogP contribution in [0.3, 0.4) is 0 Å². The lowest BCUT2D eigenvalue weighted by Crippen LogP contribution is -2.69. The van der Waals surface area contributed by atoms with Crippen LogP contribution in [-0.4, -0.2) is 299 Å². The first-order valence-corrected chi connectivity index (χ1v) is 32.0. The molecule has 93 heavy (non-hydrogen) atoms. The molecular formula is C38H64O48S7. The van der Waals surface area contributed by atoms with E-state index in [1.54, 1.807) is 0 Å². The van der Waals surface area contributed by atoms with Crippen molar-refractivity contribution in [2.45, 2.75) is 154 Å². The van der Waals surface area contributed by atoms with Gasteiger partial charge in [0.05, 0.1) is 25.9 Å². The molecule has 9 N–H and O–H groups in total. The van der Waals surface area contributed by atoms with E-state index in [0.717, 1.165) is 35.5 Å². The molecule has 25 atom stereocenters. The van der Waals surface area contributed by atoms with Crippen LogP contribution in [0.1, 0.15) is 6.92 Å². The van der Waals surface area contributed by atoms with Gasteiger partial charge in [0.15, 0.2) is 105 Å². The molecule has 5 rings (SSSR count). The van der Waals surface area contributed by atoms with Crippen LogP contribution in [0.25, 0.3) is 0 Å². The van der Waals surface area contributed by atoms with Crippen LogP contribution in [0.15, 0.2) is 0 Å². The van der Waals surface area contributed by atoms with E-state index in [-0.39, 0.29) is 49.3 Å². The molecule has 10 unspecified atom stereocenters. The number of hydrogen-bond acceptors (Lipinski definition) is 47. The second kappa shape index (κ2) is 39.6. The Bertz CT molecular complexity index is 2550. The molecule has 0 amide bonds. The minimum Gasteiger partial charge on any atom is -0.479 e. The first kappa shape index (κ1) is 82.3. The highest BCUT2D eigenvalue weighted by atomic mass is 32.3. The van der Waals surface area contributed by atoms with Crippen LogP contribution in [0.4, 0.5) is 0 Å². The fraction of sp³-hybridized carbons (Fsp3) is 0.947. The highest BCUT2D eigenvalue weighted by molar-refractivity contribution is 7.90. The summed E-state index contributed by atoms with van der Waals surface area (Å²) in [5, 5.41) is 72.0. The zero-order chi connectivity index (χ0) is 69.0. The molecule has 5 aliphatic rings. The molecule has 546 valence electrons. The number of hydrogen-bond donors (Lipinski definition) is 9. The Kier molecular flexibility index (Phi) is 35.1. The van der Waals surface area contributed by atoms with Crippen LogP contribution in [0, 0.1) is 5.92 Å². The van der Waals surface area contributed by atoms with Gasteiger partial charge in [-0.1, -0.05) is 27.1 Å². The van der Waals surface area contributed by atoms with E-state index < -0.39 is 216 Å². The Morgan fingerprint density at radius 3 is 0.968 bits per heavy atom. The summed E-state index contributed by atoms with van der Waals surface area (Å²) in [6.45, 7) is -1.96. The average molecular weight is 1510 g/mol. The summed E-state index contributed by atoms with van der Waals surface area (Å²) in [5.41, 5.74) is 0. The van der Waals surface area contributed by atoms with Crippen molar-refractivity contribution in [1.82, 2.24) is 0 Å². The van der Waals surface area contributed by atoms with Crippen molar-refractivity contribution in [2.24, 2.45) is 5.92 Å². The van der Waals surface area contributed by atoms with Gasteiger partial charge in [-0.05, 0) is 0 Å². The van der Waals surface area contributed by atoms with Crippen molar-refractivity contribution in [3.8, 4) is 0 Å². The average Bonchev–Trinajstić information content (AvgIpc) is 0.772. The van der Waals surface area contributed by atoms with E-state index >= 15 is 0 Å². The Balaban J connectivity index is 1.58. The Morgan fingerprint density at radius 2 is 0.645 bits per heavy atom. The summed E-state index contributed by atoms with van der Waals surface area (Å²) in [6.07, 6.45) is -45.3. The number of rotatable bonds is 42. The molecular weight excluding hydrogens is 1450 g/mol. The van der Waals surface area contributed by atoms with Crippen molar-refractivity contribution >= 4 is 92.4 Å². The van der Waals surface area contributed by atoms with Crippen LogP contribution in [0.5, 0.6) is 0 Å². The van der Waals surface area contributed by atoms with Gasteiger partial charge in [0.25, 0.3) is 0 Å². The van der Waals surface area contributed by atoms with E-state index in [9.17, 15) is 58.7 Å². The molecule has 5 saturated heterocycles. The molecule has 48 nitrogen and oxygen atoms in total. The summed E-state index contributed by atoms with van der Waals surface area (Å²) in [7, 11) is -8.37. The van der Waals surface area contributed by atoms with Gasteiger partial charge < -0.3 is 86.0 Å². The fourth-order valence-corrected chi connectivity index (χ4v) is 12.3. The van der Waals surface area contributed by atoms with E-state index in [4.69, 9.17) is 118 Å². The van der Waals surface area contributed by atoms with Crippen molar-refractivity contribution < 1.29 is 222 Å². The zero-order valence-corrected chi connectivity index (χ0v) is 54.1. The van der Waals surface area contributed by atoms with Gasteiger partial charge in [-0.15, -0.1) is 17.3 Å². The SMILES string of the molecule is COC1C(OC)[C@H](O[C@H]2O[C@@H](COS(=O)(=O)O)[C@@H](O[C@@H]3OC(C(=O)O)[C@@H](O[C@@H]4OC(COS(=O)(=O)O)[C@@H](OC)[C@H](OC)C4C)[C@H](OC)C3OC)C(OSOOO)C2OSOOO)[C@H](C(=O)O)O[C@@H]1O[C@@H]1C(COS(=O)(=O)O)O[C@H](OC)C(OSOOO)[C@H]1OSOOO. The smallest absolute Gasteiger partial charge is 0.397 e. The van der Waals surface area contributed by atoms with Crippen LogP contribution in [-0.2, 0) is 183 Å². The minimum absolute atomic E-state index is 0.0976. The predicted molar refractivity (Wildman–Crippen MR) is 281 cm³/mol. The third-order valence-electron chi connectivity index (χ3n) is 13.6. The maximum Gasteiger partial charge on any atom is 0.397 e.